The van der Waals surface area contributed by atoms with E-state index in [0.29, 0.717) is 11.4 Å². The van der Waals surface area contributed by atoms with E-state index < -0.39 is 11.7 Å². The molecule has 6 heteroatoms. The molecule has 3 nitrogen and oxygen atoms in total. The Labute approximate surface area is 415 Å². The van der Waals surface area contributed by atoms with Gasteiger partial charge in [0.05, 0.1) is 39.0 Å². The van der Waals surface area contributed by atoms with Gasteiger partial charge in [0.15, 0.2) is 0 Å². The van der Waals surface area contributed by atoms with Gasteiger partial charge in [-0.25, -0.2) is 0 Å². The van der Waals surface area contributed by atoms with Gasteiger partial charge < -0.3 is 9.13 Å². The summed E-state index contributed by atoms with van der Waals surface area (Å²) in [6.45, 7) is 8.28. The highest BCUT2D eigenvalue weighted by molar-refractivity contribution is 6.14. The number of rotatable bonds is 7. The fourth-order valence-electron chi connectivity index (χ4n) is 10.5. The van der Waals surface area contributed by atoms with Gasteiger partial charge in [-0.2, -0.15) is 18.4 Å². The maximum absolute atomic E-state index is 15.3. The third kappa shape index (κ3) is 7.53. The molecule has 72 heavy (non-hydrogen) atoms. The van der Waals surface area contributed by atoms with Crippen LogP contribution in [0.5, 0.6) is 0 Å². The molecule has 0 aliphatic heterocycles. The maximum Gasteiger partial charge on any atom is 0.417 e. The number of benzene rings is 10. The van der Waals surface area contributed by atoms with Crippen LogP contribution in [0, 0.1) is 39.0 Å². The van der Waals surface area contributed by atoms with Crippen LogP contribution in [-0.2, 0) is 6.18 Å². The third-order valence-corrected chi connectivity index (χ3v) is 14.3. The number of alkyl halides is 3. The highest BCUT2D eigenvalue weighted by Crippen LogP contribution is 2.47. The second kappa shape index (κ2) is 17.2. The van der Waals surface area contributed by atoms with Crippen molar-refractivity contribution in [2.45, 2.75) is 33.9 Å². The molecule has 0 aliphatic rings. The topological polar surface area (TPSA) is 33.6 Å². The van der Waals surface area contributed by atoms with E-state index in [0.717, 1.165) is 105 Å². The predicted octanol–water partition coefficient (Wildman–Crippen LogP) is 18.3. The molecule has 2 aromatic heterocycles. The van der Waals surface area contributed by atoms with Crippen LogP contribution in [0.25, 0.3) is 111 Å². The van der Waals surface area contributed by atoms with Crippen LogP contribution in [0.4, 0.5) is 13.2 Å². The molecule has 0 radical (unpaired) electrons. The van der Waals surface area contributed by atoms with Gasteiger partial charge in [0.2, 0.25) is 0 Å². The number of nitriles is 1. The number of aromatic nitrogens is 2. The van der Waals surface area contributed by atoms with E-state index in [1.54, 1.807) is 12.1 Å². The van der Waals surface area contributed by atoms with E-state index in [4.69, 9.17) is 0 Å². The standard InChI is InChI=1S/C66H46F3N3/c1-40-9-17-44(18-10-40)48-25-30-60-54(35-48)55-36-49(45-19-11-41(2)12-20-45)26-31-61(55)71(60)64-34-29-53(52-7-5-6-8-59(52)66(67,68)69)65(58(64)39-70)72-62-32-27-50(46-21-13-42(3)14-22-46)37-56(62)57-38-51(28-33-63(57)72)47-23-15-43(4)16-24-47/h5-38H,1-4H3. The van der Waals surface area contributed by atoms with E-state index in [1.165, 1.54) is 23.3 Å². The molecule has 346 valence electrons. The van der Waals surface area contributed by atoms with E-state index in [1.807, 2.05) is 22.8 Å². The summed E-state index contributed by atoms with van der Waals surface area (Å²) >= 11 is 0. The lowest BCUT2D eigenvalue weighted by Crippen LogP contribution is -2.10. The molecule has 12 aromatic rings. The molecule has 0 fully saturated rings. The Morgan fingerprint density at radius 2 is 0.694 bits per heavy atom. The summed E-state index contributed by atoms with van der Waals surface area (Å²) in [4.78, 5) is 0. The summed E-state index contributed by atoms with van der Waals surface area (Å²) in [5.41, 5.74) is 16.8. The minimum atomic E-state index is -4.68. The van der Waals surface area contributed by atoms with Gasteiger partial charge >= 0.3 is 6.18 Å². The van der Waals surface area contributed by atoms with Crippen molar-refractivity contribution in [3.05, 3.63) is 240 Å². The fourth-order valence-corrected chi connectivity index (χ4v) is 10.5. The van der Waals surface area contributed by atoms with E-state index in [-0.39, 0.29) is 16.7 Å². The molecule has 0 saturated carbocycles. The predicted molar refractivity (Wildman–Crippen MR) is 291 cm³/mol. The summed E-state index contributed by atoms with van der Waals surface area (Å²) in [6, 6.07) is 71.0. The number of halogens is 3. The lowest BCUT2D eigenvalue weighted by molar-refractivity contribution is -0.137. The van der Waals surface area contributed by atoms with Crippen LogP contribution in [-0.4, -0.2) is 9.13 Å². The second-order valence-corrected chi connectivity index (χ2v) is 19.1. The lowest BCUT2D eigenvalue weighted by Gasteiger charge is -2.22. The highest BCUT2D eigenvalue weighted by atomic mass is 19.4. The molecule has 10 aromatic carbocycles. The number of aryl methyl sites for hydroxylation is 4. The lowest BCUT2D eigenvalue weighted by atomic mass is 9.94. The third-order valence-electron chi connectivity index (χ3n) is 14.3. The Bertz CT molecular complexity index is 3940. The summed E-state index contributed by atoms with van der Waals surface area (Å²) in [7, 11) is 0. The van der Waals surface area contributed by atoms with Gasteiger partial charge in [0, 0.05) is 27.1 Å². The number of hydrogen-bond donors (Lipinski definition) is 0. The molecule has 12 rings (SSSR count). The van der Waals surface area contributed by atoms with Crippen LogP contribution in [0.2, 0.25) is 0 Å². The molecule has 0 bridgehead atoms. The molecule has 0 unspecified atom stereocenters. The van der Waals surface area contributed by atoms with E-state index in [2.05, 4.69) is 196 Å². The molecular weight excluding hydrogens is 892 g/mol. The Morgan fingerprint density at radius 1 is 0.361 bits per heavy atom. The first-order valence-electron chi connectivity index (χ1n) is 24.1. The smallest absolute Gasteiger partial charge is 0.308 e. The van der Waals surface area contributed by atoms with Gasteiger partial charge in [-0.3, -0.25) is 0 Å². The molecule has 0 amide bonds. The SMILES string of the molecule is Cc1ccc(-c2ccc3c(c2)c2cc(-c4ccc(C)cc4)ccc2n3-c2ccc(-c3ccccc3C(F)(F)F)c(-n3c4ccc(-c5ccc(C)cc5)cc4c4cc(-c5ccc(C)cc5)ccc43)c2C#N)cc1. The van der Waals surface area contributed by atoms with E-state index >= 15 is 13.2 Å². The summed E-state index contributed by atoms with van der Waals surface area (Å²) in [6.07, 6.45) is -4.68. The van der Waals surface area contributed by atoms with Crippen molar-refractivity contribution >= 4 is 43.6 Å². The molecule has 0 spiro atoms. The van der Waals surface area contributed by atoms with Crippen molar-refractivity contribution in [3.8, 4) is 73.1 Å². The number of fused-ring (bicyclic) bond motifs is 6. The van der Waals surface area contributed by atoms with Gasteiger partial charge in [-0.1, -0.05) is 168 Å². The normalized spacial score (nSPS) is 11.8. The van der Waals surface area contributed by atoms with Crippen LogP contribution in [0.3, 0.4) is 0 Å². The zero-order chi connectivity index (χ0) is 49.4. The van der Waals surface area contributed by atoms with Crippen LogP contribution >= 0.6 is 0 Å². The quantitative estimate of drug-likeness (QED) is 0.157. The Balaban J connectivity index is 1.19. The molecule has 0 saturated heterocycles. The molecule has 0 atom stereocenters. The van der Waals surface area contributed by atoms with Gasteiger partial charge in [-0.15, -0.1) is 0 Å². The molecule has 0 N–H and O–H groups in total. The van der Waals surface area contributed by atoms with Crippen molar-refractivity contribution in [1.29, 1.82) is 5.26 Å². The van der Waals surface area contributed by atoms with Crippen molar-refractivity contribution in [2.75, 3.05) is 0 Å². The maximum atomic E-state index is 15.3. The first kappa shape index (κ1) is 44.3. The van der Waals surface area contributed by atoms with E-state index in [9.17, 15) is 5.26 Å². The molecule has 2 heterocycles. The van der Waals surface area contributed by atoms with Gasteiger partial charge in [0.25, 0.3) is 0 Å². The second-order valence-electron chi connectivity index (χ2n) is 19.1. The average Bonchev–Trinajstić information content (AvgIpc) is 3.89. The Morgan fingerprint density at radius 3 is 1.04 bits per heavy atom. The summed E-state index contributed by atoms with van der Waals surface area (Å²) < 4.78 is 50.0. The van der Waals surface area contributed by atoms with Crippen LogP contribution < -0.4 is 0 Å². The Hall–Kier alpha value is -8.92. The minimum Gasteiger partial charge on any atom is -0.308 e. The van der Waals surface area contributed by atoms with Crippen molar-refractivity contribution in [3.63, 3.8) is 0 Å². The zero-order valence-electron chi connectivity index (χ0n) is 40.1. The average molecular weight is 938 g/mol. The first-order chi connectivity index (χ1) is 34.9. The van der Waals surface area contributed by atoms with Gasteiger partial charge in [0.1, 0.15) is 11.6 Å². The number of hydrogen-bond acceptors (Lipinski definition) is 1. The summed E-state index contributed by atoms with van der Waals surface area (Å²) in [5.74, 6) is 0. The first-order valence-corrected chi connectivity index (χ1v) is 24.1. The number of nitrogens with zero attached hydrogens (tertiary/aromatic N) is 3. The highest BCUT2D eigenvalue weighted by Gasteiger charge is 2.35. The summed E-state index contributed by atoms with van der Waals surface area (Å²) in [5, 5.41) is 15.6. The largest absolute Gasteiger partial charge is 0.417 e. The van der Waals surface area contributed by atoms with Crippen molar-refractivity contribution in [1.82, 2.24) is 9.13 Å². The monoisotopic (exact) mass is 937 g/mol. The molecular formula is C66H46F3N3. The van der Waals surface area contributed by atoms with Crippen molar-refractivity contribution < 1.29 is 13.2 Å². The Kier molecular flexibility index (Phi) is 10.6. The van der Waals surface area contributed by atoms with Crippen LogP contribution in [0.1, 0.15) is 33.4 Å². The molecule has 0 aliphatic carbocycles. The zero-order valence-corrected chi connectivity index (χ0v) is 40.1. The van der Waals surface area contributed by atoms with Crippen LogP contribution in [0.15, 0.2) is 206 Å². The fraction of sp³-hybridized carbons (Fsp3) is 0.0758. The minimum absolute atomic E-state index is 0.0155. The van der Waals surface area contributed by atoms with Crippen molar-refractivity contribution in [2.24, 2.45) is 0 Å². The van der Waals surface area contributed by atoms with Gasteiger partial charge in [-0.05, 0) is 138 Å².